The second-order valence-corrected chi connectivity index (χ2v) is 7.06. The lowest BCUT2D eigenvalue weighted by Gasteiger charge is -2.23. The summed E-state index contributed by atoms with van der Waals surface area (Å²) in [6, 6.07) is 11.0. The number of amides is 2. The zero-order valence-corrected chi connectivity index (χ0v) is 15.2. The van der Waals surface area contributed by atoms with Crippen LogP contribution in [0, 0.1) is 5.82 Å². The van der Waals surface area contributed by atoms with Crippen molar-refractivity contribution in [2.75, 3.05) is 10.6 Å². The number of benzene rings is 2. The minimum atomic E-state index is -1.13. The summed E-state index contributed by atoms with van der Waals surface area (Å²) in [7, 11) is 0. The SMILES string of the molecule is CC1(C)O/C(=C2/C(=O)Nc3cc(F)ccc32)C=C1c1ccc(NC(=O)O)cc1. The van der Waals surface area contributed by atoms with Crippen molar-refractivity contribution in [3.8, 4) is 0 Å². The van der Waals surface area contributed by atoms with Gasteiger partial charge in [-0.1, -0.05) is 12.1 Å². The Labute approximate surface area is 160 Å². The minimum Gasteiger partial charge on any atom is -0.482 e. The van der Waals surface area contributed by atoms with Crippen molar-refractivity contribution < 1.29 is 23.8 Å². The van der Waals surface area contributed by atoms with E-state index in [1.165, 1.54) is 12.1 Å². The maximum absolute atomic E-state index is 13.5. The second kappa shape index (κ2) is 6.23. The highest BCUT2D eigenvalue weighted by molar-refractivity contribution is 6.32. The maximum atomic E-state index is 13.5. The van der Waals surface area contributed by atoms with Crippen LogP contribution in [0.3, 0.4) is 0 Å². The van der Waals surface area contributed by atoms with Crippen molar-refractivity contribution in [3.63, 3.8) is 0 Å². The molecule has 2 aromatic rings. The quantitative estimate of drug-likeness (QED) is 0.671. The van der Waals surface area contributed by atoms with Crippen molar-refractivity contribution >= 4 is 34.5 Å². The molecule has 2 aromatic carbocycles. The summed E-state index contributed by atoms with van der Waals surface area (Å²) >= 11 is 0. The Hall–Kier alpha value is -3.61. The van der Waals surface area contributed by atoms with Gasteiger partial charge in [0.25, 0.3) is 5.91 Å². The van der Waals surface area contributed by atoms with Gasteiger partial charge in [-0.2, -0.15) is 0 Å². The van der Waals surface area contributed by atoms with Crippen LogP contribution in [0.1, 0.15) is 25.0 Å². The summed E-state index contributed by atoms with van der Waals surface area (Å²) in [5, 5.41) is 13.8. The number of fused-ring (bicyclic) bond motifs is 1. The van der Waals surface area contributed by atoms with Gasteiger partial charge in [0.05, 0.1) is 11.3 Å². The first-order valence-electron chi connectivity index (χ1n) is 8.62. The molecule has 0 unspecified atom stereocenters. The Morgan fingerprint density at radius 1 is 1.18 bits per heavy atom. The number of carboxylic acid groups (broad SMARTS) is 1. The molecule has 2 heterocycles. The molecule has 0 bridgehead atoms. The Bertz CT molecular complexity index is 1070. The standard InChI is InChI=1S/C21H17FN2O4/c1-21(2)15(11-3-6-13(7-4-11)23-20(26)27)10-17(28-21)18-14-8-5-12(22)9-16(14)24-19(18)25/h3-10,23H,1-2H3,(H,24,25)(H,26,27)/b18-17+. The molecule has 142 valence electrons. The first kappa shape index (κ1) is 17.8. The number of allylic oxidation sites excluding steroid dienone is 1. The van der Waals surface area contributed by atoms with Crippen LogP contribution in [-0.4, -0.2) is 22.7 Å². The summed E-state index contributed by atoms with van der Waals surface area (Å²) in [5.74, 6) is -0.357. The summed E-state index contributed by atoms with van der Waals surface area (Å²) < 4.78 is 19.5. The van der Waals surface area contributed by atoms with E-state index in [4.69, 9.17) is 9.84 Å². The van der Waals surface area contributed by atoms with Crippen LogP contribution in [0.15, 0.2) is 54.3 Å². The van der Waals surface area contributed by atoms with E-state index in [-0.39, 0.29) is 5.91 Å². The fourth-order valence-corrected chi connectivity index (χ4v) is 3.46. The van der Waals surface area contributed by atoms with E-state index in [0.29, 0.717) is 28.3 Å². The van der Waals surface area contributed by atoms with Gasteiger partial charge in [-0.15, -0.1) is 0 Å². The van der Waals surface area contributed by atoms with Gasteiger partial charge >= 0.3 is 6.09 Å². The minimum absolute atomic E-state index is 0.343. The zero-order chi connectivity index (χ0) is 20.1. The molecule has 3 N–H and O–H groups in total. The molecule has 0 aliphatic carbocycles. The number of hydrogen-bond donors (Lipinski definition) is 3. The van der Waals surface area contributed by atoms with Crippen molar-refractivity contribution in [3.05, 3.63) is 71.2 Å². The van der Waals surface area contributed by atoms with Gasteiger partial charge in [0.15, 0.2) is 0 Å². The molecular formula is C21H17FN2O4. The number of hydrogen-bond acceptors (Lipinski definition) is 3. The van der Waals surface area contributed by atoms with E-state index in [1.54, 1.807) is 36.4 Å². The predicted octanol–water partition coefficient (Wildman–Crippen LogP) is 4.47. The number of carbonyl (C=O) groups is 2. The average Bonchev–Trinajstić information content (AvgIpc) is 3.09. The van der Waals surface area contributed by atoms with Crippen LogP contribution < -0.4 is 10.6 Å². The predicted molar refractivity (Wildman–Crippen MR) is 103 cm³/mol. The molecule has 4 rings (SSSR count). The van der Waals surface area contributed by atoms with E-state index in [9.17, 15) is 14.0 Å². The van der Waals surface area contributed by atoms with Crippen molar-refractivity contribution in [1.29, 1.82) is 0 Å². The highest BCUT2D eigenvalue weighted by Gasteiger charge is 2.37. The highest BCUT2D eigenvalue weighted by Crippen LogP contribution is 2.44. The highest BCUT2D eigenvalue weighted by atomic mass is 19.1. The van der Waals surface area contributed by atoms with Gasteiger partial charge in [0, 0.05) is 16.8 Å². The number of ether oxygens (including phenoxy) is 1. The first-order valence-corrected chi connectivity index (χ1v) is 8.62. The third kappa shape index (κ3) is 3.00. The molecule has 28 heavy (non-hydrogen) atoms. The maximum Gasteiger partial charge on any atom is 0.409 e. The Morgan fingerprint density at radius 2 is 1.89 bits per heavy atom. The molecule has 0 saturated heterocycles. The third-order valence-electron chi connectivity index (χ3n) is 4.71. The van der Waals surface area contributed by atoms with E-state index >= 15 is 0 Å². The van der Waals surface area contributed by atoms with Crippen LogP contribution in [0.2, 0.25) is 0 Å². The summed E-state index contributed by atoms with van der Waals surface area (Å²) in [6.07, 6.45) is 0.665. The lowest BCUT2D eigenvalue weighted by molar-refractivity contribution is -0.111. The van der Waals surface area contributed by atoms with Gasteiger partial charge < -0.3 is 15.2 Å². The number of nitrogens with one attached hydrogen (secondary N) is 2. The smallest absolute Gasteiger partial charge is 0.409 e. The number of rotatable bonds is 2. The first-order chi connectivity index (χ1) is 13.2. The van der Waals surface area contributed by atoms with Crippen LogP contribution >= 0.6 is 0 Å². The molecule has 0 radical (unpaired) electrons. The van der Waals surface area contributed by atoms with Gasteiger partial charge in [0.2, 0.25) is 0 Å². The van der Waals surface area contributed by atoms with Gasteiger partial charge in [-0.05, 0) is 55.8 Å². The third-order valence-corrected chi connectivity index (χ3v) is 4.71. The Kier molecular flexibility index (Phi) is 3.96. The fourth-order valence-electron chi connectivity index (χ4n) is 3.46. The Morgan fingerprint density at radius 3 is 2.57 bits per heavy atom. The summed E-state index contributed by atoms with van der Waals surface area (Å²) in [4.78, 5) is 23.2. The van der Waals surface area contributed by atoms with Crippen LogP contribution in [0.5, 0.6) is 0 Å². The van der Waals surface area contributed by atoms with Crippen molar-refractivity contribution in [1.82, 2.24) is 0 Å². The molecule has 0 atom stereocenters. The number of carbonyl (C=O) groups excluding carboxylic acids is 1. The lowest BCUT2D eigenvalue weighted by Crippen LogP contribution is -2.21. The van der Waals surface area contributed by atoms with E-state index < -0.39 is 17.5 Å². The molecule has 2 aliphatic rings. The van der Waals surface area contributed by atoms with Crippen LogP contribution in [0.25, 0.3) is 11.1 Å². The summed E-state index contributed by atoms with van der Waals surface area (Å²) in [5.41, 5.74) is 2.82. The molecule has 6 nitrogen and oxygen atoms in total. The van der Waals surface area contributed by atoms with E-state index in [0.717, 1.165) is 11.1 Å². The molecule has 0 aromatic heterocycles. The molecule has 0 saturated carbocycles. The fraction of sp³-hybridized carbons (Fsp3) is 0.143. The van der Waals surface area contributed by atoms with Gasteiger partial charge in [-0.3, -0.25) is 10.1 Å². The van der Waals surface area contributed by atoms with Crippen molar-refractivity contribution in [2.45, 2.75) is 19.4 Å². The zero-order valence-electron chi connectivity index (χ0n) is 15.2. The normalized spacial score (nSPS) is 19.5. The second-order valence-electron chi connectivity index (χ2n) is 7.06. The van der Waals surface area contributed by atoms with E-state index in [1.807, 2.05) is 13.8 Å². The molecule has 0 spiro atoms. The molecule has 2 aliphatic heterocycles. The summed E-state index contributed by atoms with van der Waals surface area (Å²) in [6.45, 7) is 3.77. The van der Waals surface area contributed by atoms with Gasteiger partial charge in [-0.25, -0.2) is 9.18 Å². The average molecular weight is 380 g/mol. The Balaban J connectivity index is 1.76. The monoisotopic (exact) mass is 380 g/mol. The molecule has 2 amide bonds. The van der Waals surface area contributed by atoms with Crippen LogP contribution in [-0.2, 0) is 9.53 Å². The largest absolute Gasteiger partial charge is 0.482 e. The molecule has 0 fully saturated rings. The number of anilines is 2. The van der Waals surface area contributed by atoms with Crippen LogP contribution in [0.4, 0.5) is 20.6 Å². The van der Waals surface area contributed by atoms with Gasteiger partial charge in [0.1, 0.15) is 17.2 Å². The molecular weight excluding hydrogens is 363 g/mol. The number of halogens is 1. The topological polar surface area (TPSA) is 87.7 Å². The van der Waals surface area contributed by atoms with E-state index in [2.05, 4.69) is 10.6 Å². The van der Waals surface area contributed by atoms with Crippen molar-refractivity contribution in [2.24, 2.45) is 0 Å². The lowest BCUT2D eigenvalue weighted by atomic mass is 9.92. The molecule has 7 heteroatoms.